The highest BCUT2D eigenvalue weighted by molar-refractivity contribution is 6.43. The van der Waals surface area contributed by atoms with Crippen LogP contribution in [0.4, 0.5) is 0 Å². The molecule has 0 radical (unpaired) electrons. The van der Waals surface area contributed by atoms with E-state index in [1.807, 2.05) is 43.3 Å². The number of hydrogen-bond acceptors (Lipinski definition) is 6. The Kier molecular flexibility index (Phi) is 8.81. The Morgan fingerprint density at radius 2 is 1.95 bits per heavy atom. The smallest absolute Gasteiger partial charge is 0.455 e. The van der Waals surface area contributed by atoms with Crippen molar-refractivity contribution in [3.05, 3.63) is 75.8 Å². The molecule has 0 spiro atoms. The average Bonchev–Trinajstić information content (AvgIpc) is 3.17. The number of benzene rings is 2. The van der Waals surface area contributed by atoms with E-state index in [0.29, 0.717) is 43.9 Å². The number of methoxy groups -OCH3 is 1. The van der Waals surface area contributed by atoms with Crippen molar-refractivity contribution >= 4 is 42.2 Å². The summed E-state index contributed by atoms with van der Waals surface area (Å²) >= 11 is 6.44. The van der Waals surface area contributed by atoms with Crippen LogP contribution in [-0.2, 0) is 19.0 Å². The molecule has 0 aromatic heterocycles. The molecule has 4 atom stereocenters. The number of phenolic OH excluding ortho intramolecular Hbond substituents is 1. The van der Waals surface area contributed by atoms with E-state index in [0.717, 1.165) is 27.8 Å². The maximum atomic E-state index is 13.5. The predicted molar refractivity (Wildman–Crippen MR) is 155 cm³/mol. The summed E-state index contributed by atoms with van der Waals surface area (Å²) in [5.74, 6) is -1.30. The lowest BCUT2D eigenvalue weighted by Gasteiger charge is -2.43. The number of allylic oxidation sites excluding steroid dienone is 1. The average molecular weight is 564 g/mol. The van der Waals surface area contributed by atoms with Crippen molar-refractivity contribution in [1.82, 2.24) is 4.90 Å². The number of rotatable bonds is 9. The summed E-state index contributed by atoms with van der Waals surface area (Å²) in [6.45, 7) is 2.73. The molecule has 40 heavy (non-hydrogen) atoms. The van der Waals surface area contributed by atoms with Gasteiger partial charge in [0, 0.05) is 13.7 Å². The molecule has 2 saturated heterocycles. The van der Waals surface area contributed by atoms with Gasteiger partial charge in [-0.1, -0.05) is 48.9 Å². The summed E-state index contributed by atoms with van der Waals surface area (Å²) in [6, 6.07) is 14.9. The molecule has 2 N–H and O–H groups in total. The fourth-order valence-corrected chi connectivity index (χ4v) is 6.87. The third-order valence-corrected chi connectivity index (χ3v) is 8.63. The molecule has 9 heteroatoms. The van der Waals surface area contributed by atoms with Gasteiger partial charge < -0.3 is 19.5 Å². The second kappa shape index (κ2) is 12.3. The highest BCUT2D eigenvalue weighted by Crippen LogP contribution is 2.50. The van der Waals surface area contributed by atoms with Crippen LogP contribution in [0, 0.1) is 17.8 Å². The normalized spacial score (nSPS) is 24.9. The first-order valence-electron chi connectivity index (χ1n) is 14.0. The van der Waals surface area contributed by atoms with Gasteiger partial charge in [-0.25, -0.2) is 0 Å². The van der Waals surface area contributed by atoms with Crippen molar-refractivity contribution in [1.29, 1.82) is 0 Å². The van der Waals surface area contributed by atoms with Crippen LogP contribution in [0.2, 0.25) is 11.3 Å². The first-order valence-corrected chi connectivity index (χ1v) is 14.3. The van der Waals surface area contributed by atoms with Gasteiger partial charge in [0.1, 0.15) is 5.75 Å². The predicted octanol–water partition coefficient (Wildman–Crippen LogP) is 5.22. The van der Waals surface area contributed by atoms with E-state index in [9.17, 15) is 19.7 Å². The molecule has 210 valence electrons. The van der Waals surface area contributed by atoms with Gasteiger partial charge in [0.15, 0.2) is 0 Å². The fourth-order valence-electron chi connectivity index (χ4n) is 6.64. The maximum absolute atomic E-state index is 13.5. The molecule has 2 fully saturated rings. The van der Waals surface area contributed by atoms with Crippen molar-refractivity contribution in [3.8, 4) is 5.75 Å². The van der Waals surface area contributed by atoms with Crippen LogP contribution in [0.3, 0.4) is 0 Å². The molecule has 2 aromatic rings. The standard InChI is InChI=1S/C31H35BClNO6/c1-3-13-34-30(36)24-15-22(18-39-2)28-25(29(24)31(34)37)17-32(38)40-27(28)12-10-20(19-7-5-4-6-8-19)14-21-9-11-23(35)16-26(21)33/h4-9,11,14,16,24-25,27,29,35,38H,3,10,12-13,15,17-18H2,1-2H3/b20-14-/t24-,25+,27-,29-/m1/s1. The van der Waals surface area contributed by atoms with Crippen LogP contribution < -0.4 is 0 Å². The molecular formula is C31H35BClNO6. The number of hydrogen-bond donors (Lipinski definition) is 2. The van der Waals surface area contributed by atoms with Crippen LogP contribution in [0.5, 0.6) is 5.75 Å². The summed E-state index contributed by atoms with van der Waals surface area (Å²) in [6.07, 6.45) is 4.21. The lowest BCUT2D eigenvalue weighted by Crippen LogP contribution is -2.46. The number of phenols is 1. The van der Waals surface area contributed by atoms with Gasteiger partial charge in [0.2, 0.25) is 11.8 Å². The first-order chi connectivity index (χ1) is 19.3. The molecule has 1 aliphatic carbocycles. The lowest BCUT2D eigenvalue weighted by atomic mass is 9.58. The van der Waals surface area contributed by atoms with Crippen LogP contribution in [-0.4, -0.2) is 60.3 Å². The summed E-state index contributed by atoms with van der Waals surface area (Å²) in [7, 11) is 0.602. The quantitative estimate of drug-likeness (QED) is 0.188. The van der Waals surface area contributed by atoms with E-state index in [1.165, 1.54) is 11.0 Å². The van der Waals surface area contributed by atoms with E-state index < -0.39 is 25.1 Å². The SMILES string of the molecule is CCCN1C(=O)[C@@H]2[C@@H](CC(COC)=C3[C@@H](CC/C(=C/c4ccc(O)cc4Cl)c4ccccc4)OB(O)C[C@@H]32)C1=O. The minimum atomic E-state index is -1.03. The summed E-state index contributed by atoms with van der Waals surface area (Å²) in [4.78, 5) is 28.1. The number of ether oxygens (including phenoxy) is 1. The van der Waals surface area contributed by atoms with Crippen molar-refractivity contribution in [2.24, 2.45) is 17.8 Å². The highest BCUT2D eigenvalue weighted by atomic mass is 35.5. The molecule has 2 aliphatic heterocycles. The van der Waals surface area contributed by atoms with Crippen molar-refractivity contribution < 1.29 is 29.1 Å². The molecule has 0 unspecified atom stereocenters. The van der Waals surface area contributed by atoms with Crippen LogP contribution in [0.1, 0.15) is 43.7 Å². The number of likely N-dealkylation sites (tertiary alicyclic amines) is 1. The van der Waals surface area contributed by atoms with Gasteiger partial charge in [-0.15, -0.1) is 0 Å². The first kappa shape index (κ1) is 28.6. The minimum Gasteiger partial charge on any atom is -0.508 e. The Bertz CT molecular complexity index is 1330. The summed E-state index contributed by atoms with van der Waals surface area (Å²) < 4.78 is 11.7. The highest BCUT2D eigenvalue weighted by Gasteiger charge is 2.57. The molecular weight excluding hydrogens is 529 g/mol. The zero-order valence-electron chi connectivity index (χ0n) is 22.9. The van der Waals surface area contributed by atoms with E-state index in [-0.39, 0.29) is 29.8 Å². The Morgan fingerprint density at radius 3 is 2.65 bits per heavy atom. The summed E-state index contributed by atoms with van der Waals surface area (Å²) in [5, 5.41) is 21.1. The number of imide groups is 1. The van der Waals surface area contributed by atoms with E-state index in [2.05, 4.69) is 0 Å². The van der Waals surface area contributed by atoms with Crippen molar-refractivity contribution in [2.75, 3.05) is 20.3 Å². The van der Waals surface area contributed by atoms with E-state index in [4.69, 9.17) is 21.0 Å². The van der Waals surface area contributed by atoms with Crippen LogP contribution >= 0.6 is 11.6 Å². The third-order valence-electron chi connectivity index (χ3n) is 8.30. The van der Waals surface area contributed by atoms with E-state index >= 15 is 0 Å². The molecule has 3 aliphatic rings. The zero-order valence-corrected chi connectivity index (χ0v) is 23.6. The van der Waals surface area contributed by atoms with Gasteiger partial charge in [0.05, 0.1) is 29.6 Å². The molecule has 5 rings (SSSR count). The number of fused-ring (bicyclic) bond motifs is 3. The Labute approximate surface area is 240 Å². The lowest BCUT2D eigenvalue weighted by molar-refractivity contribution is -0.140. The largest absolute Gasteiger partial charge is 0.508 e. The second-order valence-corrected chi connectivity index (χ2v) is 11.3. The maximum Gasteiger partial charge on any atom is 0.455 e. The van der Waals surface area contributed by atoms with Crippen molar-refractivity contribution in [3.63, 3.8) is 0 Å². The molecule has 0 bridgehead atoms. The zero-order chi connectivity index (χ0) is 28.4. The van der Waals surface area contributed by atoms with Gasteiger partial charge >= 0.3 is 7.12 Å². The number of aromatic hydroxyl groups is 1. The summed E-state index contributed by atoms with van der Waals surface area (Å²) in [5.41, 5.74) is 4.84. The molecule has 7 nitrogen and oxygen atoms in total. The second-order valence-electron chi connectivity index (χ2n) is 10.9. The van der Waals surface area contributed by atoms with Crippen LogP contribution in [0.15, 0.2) is 59.7 Å². The number of amides is 2. The molecule has 2 aromatic carbocycles. The third kappa shape index (κ3) is 5.63. The fraction of sp³-hybridized carbons (Fsp3) is 0.419. The molecule has 0 saturated carbocycles. The van der Waals surface area contributed by atoms with E-state index in [1.54, 1.807) is 19.2 Å². The number of carbonyl (C=O) groups is 2. The number of carbonyl (C=O) groups excluding carboxylic acids is 2. The van der Waals surface area contributed by atoms with Gasteiger partial charge in [-0.3, -0.25) is 14.5 Å². The number of nitrogens with zero attached hydrogens (tertiary/aromatic N) is 1. The monoisotopic (exact) mass is 563 g/mol. The van der Waals surface area contributed by atoms with Gasteiger partial charge in [0.25, 0.3) is 0 Å². The van der Waals surface area contributed by atoms with Gasteiger partial charge in [-0.2, -0.15) is 0 Å². The Balaban J connectivity index is 1.48. The Morgan fingerprint density at radius 1 is 1.18 bits per heavy atom. The number of halogens is 1. The van der Waals surface area contributed by atoms with Gasteiger partial charge in [-0.05, 0) is 90.0 Å². The topological polar surface area (TPSA) is 96.3 Å². The van der Waals surface area contributed by atoms with Crippen LogP contribution in [0.25, 0.3) is 11.6 Å². The van der Waals surface area contributed by atoms with Crippen molar-refractivity contribution in [2.45, 2.75) is 45.0 Å². The minimum absolute atomic E-state index is 0.102. The molecule has 2 amide bonds. The Hall–Kier alpha value is -2.91. The molecule has 2 heterocycles.